The number of benzene rings is 2. The number of carbonyl (C=O) groups is 2. The number of carbonyl (C=O) groups excluding carboxylic acids is 2. The molecule has 2 aromatic carbocycles. The van der Waals surface area contributed by atoms with Gasteiger partial charge in [0.2, 0.25) is 0 Å². The standard InChI is InChI=1S/C19H22ClN3O2/c1-19(2,3)14-9-7-13(8-10-14)18(25)21-12-17(24)23-22-16-6-4-5-15(20)11-16/h4-11,22H,12H2,1-3H3,(H,21,25)(H,23,24). The zero-order chi connectivity index (χ0) is 18.4. The Morgan fingerprint density at radius 2 is 1.72 bits per heavy atom. The number of rotatable bonds is 5. The Labute approximate surface area is 152 Å². The molecule has 0 radical (unpaired) electrons. The fourth-order valence-corrected chi connectivity index (χ4v) is 2.33. The van der Waals surface area contributed by atoms with Crippen LogP contribution in [-0.4, -0.2) is 18.4 Å². The summed E-state index contributed by atoms with van der Waals surface area (Å²) in [6.45, 7) is 6.20. The molecule has 3 N–H and O–H groups in total. The molecule has 0 unspecified atom stereocenters. The first-order valence-corrected chi connectivity index (χ1v) is 8.33. The van der Waals surface area contributed by atoms with Crippen LogP contribution < -0.4 is 16.2 Å². The van der Waals surface area contributed by atoms with Crippen molar-refractivity contribution in [3.05, 3.63) is 64.7 Å². The van der Waals surface area contributed by atoms with Gasteiger partial charge >= 0.3 is 0 Å². The van der Waals surface area contributed by atoms with E-state index < -0.39 is 0 Å². The van der Waals surface area contributed by atoms with E-state index >= 15 is 0 Å². The SMILES string of the molecule is CC(C)(C)c1ccc(C(=O)NCC(=O)NNc2cccc(Cl)c2)cc1. The predicted molar refractivity (Wildman–Crippen MR) is 101 cm³/mol. The zero-order valence-electron chi connectivity index (χ0n) is 14.5. The summed E-state index contributed by atoms with van der Waals surface area (Å²) in [4.78, 5) is 23.9. The Hall–Kier alpha value is -2.53. The topological polar surface area (TPSA) is 70.2 Å². The summed E-state index contributed by atoms with van der Waals surface area (Å²) in [5, 5.41) is 3.15. The Morgan fingerprint density at radius 1 is 1.04 bits per heavy atom. The third kappa shape index (κ3) is 5.80. The number of anilines is 1. The van der Waals surface area contributed by atoms with E-state index in [0.717, 1.165) is 5.56 Å². The van der Waals surface area contributed by atoms with Gasteiger partial charge in [0.15, 0.2) is 0 Å². The third-order valence-corrected chi connectivity index (χ3v) is 3.83. The number of halogens is 1. The van der Waals surface area contributed by atoms with Crippen molar-refractivity contribution in [3.8, 4) is 0 Å². The summed E-state index contributed by atoms with van der Waals surface area (Å²) in [7, 11) is 0. The van der Waals surface area contributed by atoms with Crippen molar-refractivity contribution in [2.75, 3.05) is 12.0 Å². The molecule has 6 heteroatoms. The van der Waals surface area contributed by atoms with Gasteiger partial charge in [-0.05, 0) is 41.3 Å². The maximum absolute atomic E-state index is 12.1. The molecule has 0 aliphatic carbocycles. The Morgan fingerprint density at radius 3 is 2.32 bits per heavy atom. The van der Waals surface area contributed by atoms with E-state index in [1.807, 2.05) is 12.1 Å². The summed E-state index contributed by atoms with van der Waals surface area (Å²) in [5.74, 6) is -0.655. The van der Waals surface area contributed by atoms with Crippen molar-refractivity contribution in [2.45, 2.75) is 26.2 Å². The molecule has 132 valence electrons. The minimum atomic E-state index is -0.361. The van der Waals surface area contributed by atoms with E-state index in [1.165, 1.54) is 0 Å². The highest BCUT2D eigenvalue weighted by Crippen LogP contribution is 2.22. The van der Waals surface area contributed by atoms with Gasteiger partial charge in [-0.2, -0.15) is 0 Å². The highest BCUT2D eigenvalue weighted by Gasteiger charge is 2.14. The van der Waals surface area contributed by atoms with Gasteiger partial charge in [0.25, 0.3) is 11.8 Å². The second-order valence-electron chi connectivity index (χ2n) is 6.69. The van der Waals surface area contributed by atoms with Crippen molar-refractivity contribution in [1.82, 2.24) is 10.7 Å². The predicted octanol–water partition coefficient (Wildman–Crippen LogP) is 3.51. The first-order chi connectivity index (χ1) is 11.8. The fraction of sp³-hybridized carbons (Fsp3) is 0.263. The van der Waals surface area contributed by atoms with Crippen molar-refractivity contribution < 1.29 is 9.59 Å². The van der Waals surface area contributed by atoms with Crippen LogP contribution >= 0.6 is 11.6 Å². The van der Waals surface area contributed by atoms with Gasteiger partial charge in [-0.25, -0.2) is 0 Å². The van der Waals surface area contributed by atoms with Crippen molar-refractivity contribution in [3.63, 3.8) is 0 Å². The Kier molecular flexibility index (Phi) is 6.04. The van der Waals surface area contributed by atoms with Gasteiger partial charge in [-0.1, -0.05) is 50.6 Å². The molecular formula is C19H22ClN3O2. The number of hydrazine groups is 1. The Balaban J connectivity index is 1.82. The molecule has 0 aliphatic heterocycles. The maximum atomic E-state index is 12.1. The van der Waals surface area contributed by atoms with Gasteiger partial charge in [-0.3, -0.25) is 20.4 Å². The van der Waals surface area contributed by atoms with E-state index in [0.29, 0.717) is 16.3 Å². The monoisotopic (exact) mass is 359 g/mol. The Bertz CT molecular complexity index is 752. The molecule has 0 atom stereocenters. The maximum Gasteiger partial charge on any atom is 0.257 e. The number of nitrogens with one attached hydrogen (secondary N) is 3. The van der Waals surface area contributed by atoms with Crippen molar-refractivity contribution in [1.29, 1.82) is 0 Å². The molecule has 2 aromatic rings. The minimum Gasteiger partial charge on any atom is -0.343 e. The highest BCUT2D eigenvalue weighted by molar-refractivity contribution is 6.30. The quantitative estimate of drug-likeness (QED) is 0.715. The molecule has 0 heterocycles. The molecular weight excluding hydrogens is 338 g/mol. The summed E-state index contributed by atoms with van der Waals surface area (Å²) in [6, 6.07) is 14.3. The second-order valence-corrected chi connectivity index (χ2v) is 7.13. The van der Waals surface area contributed by atoms with E-state index in [1.54, 1.807) is 36.4 Å². The van der Waals surface area contributed by atoms with Crippen molar-refractivity contribution in [2.24, 2.45) is 0 Å². The van der Waals surface area contributed by atoms with E-state index in [-0.39, 0.29) is 23.8 Å². The number of amides is 2. The second kappa shape index (κ2) is 8.03. The summed E-state index contributed by atoms with van der Waals surface area (Å²) in [5.41, 5.74) is 7.59. The van der Waals surface area contributed by atoms with E-state index in [4.69, 9.17) is 11.6 Å². The molecule has 0 aliphatic rings. The minimum absolute atomic E-state index is 0.0287. The third-order valence-electron chi connectivity index (χ3n) is 3.59. The number of hydrogen-bond donors (Lipinski definition) is 3. The van der Waals surface area contributed by atoms with Gasteiger partial charge in [-0.15, -0.1) is 0 Å². The van der Waals surface area contributed by atoms with Crippen LogP contribution in [0.25, 0.3) is 0 Å². The van der Waals surface area contributed by atoms with Crippen molar-refractivity contribution >= 4 is 29.1 Å². The lowest BCUT2D eigenvalue weighted by Gasteiger charge is -2.19. The first kappa shape index (κ1) is 18.8. The van der Waals surface area contributed by atoms with E-state index in [2.05, 4.69) is 36.9 Å². The largest absolute Gasteiger partial charge is 0.343 e. The molecule has 25 heavy (non-hydrogen) atoms. The molecule has 0 spiro atoms. The van der Waals surface area contributed by atoms with Crippen LogP contribution in [-0.2, 0) is 10.2 Å². The van der Waals surface area contributed by atoms with Crippen LogP contribution in [0.5, 0.6) is 0 Å². The molecule has 0 aromatic heterocycles. The van der Waals surface area contributed by atoms with Crippen LogP contribution in [0.15, 0.2) is 48.5 Å². The molecule has 5 nitrogen and oxygen atoms in total. The molecule has 0 bridgehead atoms. The average molecular weight is 360 g/mol. The molecule has 2 rings (SSSR count). The van der Waals surface area contributed by atoms with Gasteiger partial charge < -0.3 is 5.32 Å². The molecule has 0 saturated heterocycles. The lowest BCUT2D eigenvalue weighted by atomic mass is 9.87. The van der Waals surface area contributed by atoms with Crippen LogP contribution in [0.2, 0.25) is 5.02 Å². The summed E-state index contributed by atoms with van der Waals surface area (Å²) in [6.07, 6.45) is 0. The lowest BCUT2D eigenvalue weighted by Crippen LogP contribution is -2.39. The normalized spacial score (nSPS) is 10.9. The van der Waals surface area contributed by atoms with Crippen LogP contribution in [0.1, 0.15) is 36.7 Å². The molecule has 0 saturated carbocycles. The fourth-order valence-electron chi connectivity index (χ4n) is 2.14. The van der Waals surface area contributed by atoms with Crippen LogP contribution in [0, 0.1) is 0 Å². The van der Waals surface area contributed by atoms with Crippen LogP contribution in [0.4, 0.5) is 5.69 Å². The van der Waals surface area contributed by atoms with E-state index in [9.17, 15) is 9.59 Å². The smallest absolute Gasteiger partial charge is 0.257 e. The highest BCUT2D eigenvalue weighted by atomic mass is 35.5. The first-order valence-electron chi connectivity index (χ1n) is 7.95. The molecule has 2 amide bonds. The summed E-state index contributed by atoms with van der Waals surface area (Å²) < 4.78 is 0. The van der Waals surface area contributed by atoms with Gasteiger partial charge in [0, 0.05) is 10.6 Å². The zero-order valence-corrected chi connectivity index (χ0v) is 15.3. The summed E-state index contributed by atoms with van der Waals surface area (Å²) >= 11 is 5.86. The average Bonchev–Trinajstić information content (AvgIpc) is 2.57. The number of hydrogen-bond acceptors (Lipinski definition) is 3. The lowest BCUT2D eigenvalue weighted by molar-refractivity contribution is -0.119. The van der Waals surface area contributed by atoms with Crippen LogP contribution in [0.3, 0.4) is 0 Å². The van der Waals surface area contributed by atoms with Gasteiger partial charge in [0.05, 0.1) is 12.2 Å². The van der Waals surface area contributed by atoms with Gasteiger partial charge in [0.1, 0.15) is 0 Å². The molecule has 0 fully saturated rings.